The maximum Gasteiger partial charge on any atom is 0.232 e. The topological polar surface area (TPSA) is 82.8 Å². The minimum atomic E-state index is -0.545. The molecule has 0 radical (unpaired) electrons. The van der Waals surface area contributed by atoms with Crippen molar-refractivity contribution in [1.82, 2.24) is 5.32 Å². The zero-order valence-electron chi connectivity index (χ0n) is 10.5. The lowest BCUT2D eigenvalue weighted by Crippen LogP contribution is -2.58. The summed E-state index contributed by atoms with van der Waals surface area (Å²) in [6, 6.07) is 5.62. The molecule has 3 N–H and O–H groups in total. The molecule has 0 aromatic heterocycles. The Morgan fingerprint density at radius 1 is 1.32 bits per heavy atom. The first-order valence-electron chi connectivity index (χ1n) is 6.18. The highest BCUT2D eigenvalue weighted by Gasteiger charge is 2.44. The minimum absolute atomic E-state index is 0.0566. The van der Waals surface area contributed by atoms with Crippen molar-refractivity contribution in [2.45, 2.75) is 6.54 Å². The SMILES string of the molecule is NCC1(C(=O)NCc2ccc3c(c2)OCO3)COC1. The number of hydrogen-bond acceptors (Lipinski definition) is 5. The van der Waals surface area contributed by atoms with E-state index in [0.717, 1.165) is 11.3 Å². The quantitative estimate of drug-likeness (QED) is 0.800. The molecule has 0 spiro atoms. The van der Waals surface area contributed by atoms with Crippen LogP contribution in [-0.2, 0) is 16.1 Å². The van der Waals surface area contributed by atoms with E-state index in [1.54, 1.807) is 0 Å². The Morgan fingerprint density at radius 2 is 2.11 bits per heavy atom. The van der Waals surface area contributed by atoms with Crippen LogP contribution in [0, 0.1) is 5.41 Å². The molecule has 2 aliphatic rings. The Morgan fingerprint density at radius 3 is 2.79 bits per heavy atom. The molecular formula is C13H16N2O4. The molecule has 0 unspecified atom stereocenters. The van der Waals surface area contributed by atoms with Crippen LogP contribution in [0.25, 0.3) is 0 Å². The van der Waals surface area contributed by atoms with Crippen molar-refractivity contribution in [3.63, 3.8) is 0 Å². The van der Waals surface area contributed by atoms with E-state index in [1.165, 1.54) is 0 Å². The Hall–Kier alpha value is -1.79. The van der Waals surface area contributed by atoms with Gasteiger partial charge < -0.3 is 25.3 Å². The average molecular weight is 264 g/mol. The van der Waals surface area contributed by atoms with E-state index in [0.29, 0.717) is 32.1 Å². The van der Waals surface area contributed by atoms with E-state index in [-0.39, 0.29) is 12.7 Å². The predicted molar refractivity (Wildman–Crippen MR) is 66.7 cm³/mol. The van der Waals surface area contributed by atoms with Gasteiger partial charge in [-0.05, 0) is 17.7 Å². The molecule has 19 heavy (non-hydrogen) atoms. The average Bonchev–Trinajstić information content (AvgIpc) is 2.83. The van der Waals surface area contributed by atoms with Crippen LogP contribution in [0.5, 0.6) is 11.5 Å². The Balaban J connectivity index is 1.62. The first-order valence-corrected chi connectivity index (χ1v) is 6.18. The molecule has 1 fully saturated rings. The van der Waals surface area contributed by atoms with E-state index < -0.39 is 5.41 Å². The summed E-state index contributed by atoms with van der Waals surface area (Å²) in [6.07, 6.45) is 0. The van der Waals surface area contributed by atoms with Crippen molar-refractivity contribution in [2.24, 2.45) is 11.1 Å². The van der Waals surface area contributed by atoms with Crippen molar-refractivity contribution in [3.8, 4) is 11.5 Å². The minimum Gasteiger partial charge on any atom is -0.454 e. The summed E-state index contributed by atoms with van der Waals surface area (Å²) in [5.74, 6) is 1.40. The van der Waals surface area contributed by atoms with Gasteiger partial charge in [-0.25, -0.2) is 0 Å². The monoisotopic (exact) mass is 264 g/mol. The second-order valence-electron chi connectivity index (χ2n) is 4.85. The molecule has 3 rings (SSSR count). The highest BCUT2D eigenvalue weighted by molar-refractivity contribution is 5.84. The Bertz CT molecular complexity index is 494. The van der Waals surface area contributed by atoms with Crippen molar-refractivity contribution >= 4 is 5.91 Å². The fourth-order valence-corrected chi connectivity index (χ4v) is 2.11. The smallest absolute Gasteiger partial charge is 0.232 e. The summed E-state index contributed by atoms with van der Waals surface area (Å²) >= 11 is 0. The van der Waals surface area contributed by atoms with Gasteiger partial charge in [-0.1, -0.05) is 6.07 Å². The third-order valence-corrected chi connectivity index (χ3v) is 3.52. The molecule has 102 valence electrons. The summed E-state index contributed by atoms with van der Waals surface area (Å²) in [4.78, 5) is 12.1. The normalized spacial score (nSPS) is 18.8. The zero-order chi connectivity index (χ0) is 13.3. The van der Waals surface area contributed by atoms with Crippen LogP contribution in [0.3, 0.4) is 0 Å². The van der Waals surface area contributed by atoms with Crippen LogP contribution in [0.15, 0.2) is 18.2 Å². The summed E-state index contributed by atoms with van der Waals surface area (Å²) in [7, 11) is 0. The third kappa shape index (κ3) is 2.13. The van der Waals surface area contributed by atoms with Crippen molar-refractivity contribution in [3.05, 3.63) is 23.8 Å². The van der Waals surface area contributed by atoms with E-state index in [9.17, 15) is 4.79 Å². The molecular weight excluding hydrogens is 248 g/mol. The number of ether oxygens (including phenoxy) is 3. The van der Waals surface area contributed by atoms with E-state index in [4.69, 9.17) is 19.9 Å². The van der Waals surface area contributed by atoms with Gasteiger partial charge in [0.15, 0.2) is 11.5 Å². The summed E-state index contributed by atoms with van der Waals surface area (Å²) in [6.45, 7) is 1.79. The van der Waals surface area contributed by atoms with Crippen LogP contribution in [0.2, 0.25) is 0 Å². The van der Waals surface area contributed by atoms with Gasteiger partial charge >= 0.3 is 0 Å². The number of amides is 1. The van der Waals surface area contributed by atoms with E-state index in [2.05, 4.69) is 5.32 Å². The largest absolute Gasteiger partial charge is 0.454 e. The Kier molecular flexibility index (Phi) is 3.04. The second-order valence-corrected chi connectivity index (χ2v) is 4.85. The van der Waals surface area contributed by atoms with Gasteiger partial charge in [0.25, 0.3) is 0 Å². The summed E-state index contributed by atoms with van der Waals surface area (Å²) < 4.78 is 15.6. The van der Waals surface area contributed by atoms with Gasteiger partial charge in [0, 0.05) is 13.1 Å². The number of hydrogen-bond donors (Lipinski definition) is 2. The number of fused-ring (bicyclic) bond motifs is 1. The zero-order valence-corrected chi connectivity index (χ0v) is 10.5. The van der Waals surface area contributed by atoms with Gasteiger partial charge in [0.2, 0.25) is 12.7 Å². The van der Waals surface area contributed by atoms with Gasteiger partial charge in [-0.2, -0.15) is 0 Å². The van der Waals surface area contributed by atoms with Crippen LogP contribution in [-0.4, -0.2) is 32.5 Å². The molecule has 0 bridgehead atoms. The van der Waals surface area contributed by atoms with E-state index in [1.807, 2.05) is 18.2 Å². The molecule has 6 nitrogen and oxygen atoms in total. The Labute approximate surface area is 110 Å². The number of nitrogens with two attached hydrogens (primary N) is 1. The van der Waals surface area contributed by atoms with Gasteiger partial charge in [-0.3, -0.25) is 4.79 Å². The molecule has 0 saturated carbocycles. The number of carbonyl (C=O) groups is 1. The maximum absolute atomic E-state index is 12.1. The molecule has 2 heterocycles. The highest BCUT2D eigenvalue weighted by atomic mass is 16.7. The fraction of sp³-hybridized carbons (Fsp3) is 0.462. The van der Waals surface area contributed by atoms with Crippen molar-refractivity contribution in [1.29, 1.82) is 0 Å². The van der Waals surface area contributed by atoms with Crippen LogP contribution < -0.4 is 20.5 Å². The standard InChI is InChI=1S/C13H16N2O4/c14-5-13(6-17-7-13)12(16)15-4-9-1-2-10-11(3-9)19-8-18-10/h1-3H,4-8,14H2,(H,15,16). The number of benzene rings is 1. The van der Waals surface area contributed by atoms with Crippen molar-refractivity contribution < 1.29 is 19.0 Å². The van der Waals surface area contributed by atoms with Crippen molar-refractivity contribution in [2.75, 3.05) is 26.6 Å². The second kappa shape index (κ2) is 4.71. The lowest BCUT2D eigenvalue weighted by molar-refractivity contribution is -0.159. The molecule has 1 aromatic carbocycles. The van der Waals surface area contributed by atoms with Gasteiger partial charge in [-0.15, -0.1) is 0 Å². The maximum atomic E-state index is 12.1. The van der Waals surface area contributed by atoms with Crippen LogP contribution >= 0.6 is 0 Å². The lowest BCUT2D eigenvalue weighted by atomic mass is 9.85. The summed E-state index contributed by atoms with van der Waals surface area (Å²) in [5, 5.41) is 2.89. The molecule has 1 saturated heterocycles. The van der Waals surface area contributed by atoms with Crippen LogP contribution in [0.1, 0.15) is 5.56 Å². The van der Waals surface area contributed by atoms with Gasteiger partial charge in [0.05, 0.1) is 13.2 Å². The highest BCUT2D eigenvalue weighted by Crippen LogP contribution is 2.32. The molecule has 2 aliphatic heterocycles. The predicted octanol–water partition coefficient (Wildman–Crippen LogP) is 0.00680. The first-order chi connectivity index (χ1) is 9.23. The molecule has 0 atom stereocenters. The first kappa shape index (κ1) is 12.3. The number of nitrogens with one attached hydrogen (secondary N) is 1. The molecule has 0 aliphatic carbocycles. The molecule has 1 amide bonds. The lowest BCUT2D eigenvalue weighted by Gasteiger charge is -2.38. The number of rotatable bonds is 4. The third-order valence-electron chi connectivity index (χ3n) is 3.52. The fourth-order valence-electron chi connectivity index (χ4n) is 2.11. The molecule has 6 heteroatoms. The number of carbonyl (C=O) groups excluding carboxylic acids is 1. The van der Waals surface area contributed by atoms with Gasteiger partial charge in [0.1, 0.15) is 5.41 Å². The summed E-state index contributed by atoms with van der Waals surface area (Å²) in [5.41, 5.74) is 6.05. The van der Waals surface area contributed by atoms with Crippen LogP contribution in [0.4, 0.5) is 0 Å². The molecule has 1 aromatic rings. The van der Waals surface area contributed by atoms with E-state index >= 15 is 0 Å².